The SMILES string of the molecule is CB1n2c(c3c(c2-c2cccc4ccccc24)CC(c2c(C)cc(C)cc2C)C=C3)C=C2c3ccc(-c4c(C)cc(C)cc4C)cc3C(c3cccc4ccccc34)=[N+]12. The molecule has 284 valence electrons. The van der Waals surface area contributed by atoms with Gasteiger partial charge in [-0.1, -0.05) is 132 Å². The summed E-state index contributed by atoms with van der Waals surface area (Å²) < 4.78 is 5.34. The first kappa shape index (κ1) is 35.7. The summed E-state index contributed by atoms with van der Waals surface area (Å²) in [5, 5.41) is 5.10. The van der Waals surface area contributed by atoms with Crippen molar-refractivity contribution in [3.63, 3.8) is 0 Å². The molecule has 3 heterocycles. The molecule has 0 saturated carbocycles. The van der Waals surface area contributed by atoms with E-state index in [-0.39, 0.29) is 6.98 Å². The van der Waals surface area contributed by atoms with Crippen molar-refractivity contribution in [2.75, 3.05) is 0 Å². The van der Waals surface area contributed by atoms with Gasteiger partial charge in [0.05, 0.1) is 16.7 Å². The summed E-state index contributed by atoms with van der Waals surface area (Å²) in [6.45, 7) is 16.0. The number of allylic oxidation sites excluding steroid dienone is 1. The highest BCUT2D eigenvalue weighted by Crippen LogP contribution is 2.48. The quantitative estimate of drug-likeness (QED) is 0.158. The van der Waals surface area contributed by atoms with Gasteiger partial charge in [0.2, 0.25) is 0 Å². The molecule has 1 unspecified atom stereocenters. The van der Waals surface area contributed by atoms with E-state index in [1.165, 1.54) is 128 Å². The van der Waals surface area contributed by atoms with Gasteiger partial charge in [0.15, 0.2) is 11.4 Å². The van der Waals surface area contributed by atoms with Gasteiger partial charge < -0.3 is 4.48 Å². The van der Waals surface area contributed by atoms with Crippen molar-refractivity contribution < 1.29 is 4.49 Å². The lowest BCUT2D eigenvalue weighted by atomic mass is 9.74. The molecule has 0 amide bonds. The van der Waals surface area contributed by atoms with E-state index in [1.54, 1.807) is 0 Å². The molecule has 59 heavy (non-hydrogen) atoms. The van der Waals surface area contributed by atoms with E-state index in [9.17, 15) is 0 Å². The molecule has 2 nitrogen and oxygen atoms in total. The number of benzene rings is 7. The summed E-state index contributed by atoms with van der Waals surface area (Å²) in [4.78, 5) is 0. The van der Waals surface area contributed by atoms with Crippen LogP contribution in [-0.2, 0) is 6.42 Å². The summed E-state index contributed by atoms with van der Waals surface area (Å²) in [6, 6.07) is 48.1. The predicted molar refractivity (Wildman–Crippen MR) is 252 cm³/mol. The number of fused-ring (bicyclic) bond motifs is 8. The van der Waals surface area contributed by atoms with Crippen molar-refractivity contribution >= 4 is 52.1 Å². The Morgan fingerprint density at radius 2 is 1.19 bits per heavy atom. The Bertz CT molecular complexity index is 3160. The van der Waals surface area contributed by atoms with E-state index in [0.29, 0.717) is 5.92 Å². The van der Waals surface area contributed by atoms with Gasteiger partial charge >= 0.3 is 6.98 Å². The van der Waals surface area contributed by atoms with Crippen LogP contribution >= 0.6 is 0 Å². The van der Waals surface area contributed by atoms with Crippen molar-refractivity contribution in [2.24, 2.45) is 0 Å². The van der Waals surface area contributed by atoms with Crippen LogP contribution in [0.4, 0.5) is 0 Å². The van der Waals surface area contributed by atoms with Crippen LogP contribution in [0, 0.1) is 41.5 Å². The number of hydrogen-bond donors (Lipinski definition) is 0. The maximum absolute atomic E-state index is 2.68. The fourth-order valence-corrected chi connectivity index (χ4v) is 11.4. The van der Waals surface area contributed by atoms with Gasteiger partial charge in [0, 0.05) is 41.3 Å². The van der Waals surface area contributed by atoms with Crippen LogP contribution in [0.1, 0.15) is 78.4 Å². The third-order valence-corrected chi connectivity index (χ3v) is 13.5. The molecule has 1 aromatic heterocycles. The van der Waals surface area contributed by atoms with E-state index in [4.69, 9.17) is 0 Å². The van der Waals surface area contributed by atoms with Crippen molar-refractivity contribution in [3.05, 3.63) is 206 Å². The second-order valence-electron chi connectivity index (χ2n) is 17.4. The lowest BCUT2D eigenvalue weighted by molar-refractivity contribution is -0.274. The summed E-state index contributed by atoms with van der Waals surface area (Å²) in [5.41, 5.74) is 25.3. The maximum Gasteiger partial charge on any atom is 0.618 e. The maximum atomic E-state index is 2.68. The molecule has 0 bridgehead atoms. The van der Waals surface area contributed by atoms with Crippen LogP contribution in [-0.4, -0.2) is 21.7 Å². The van der Waals surface area contributed by atoms with Gasteiger partial charge in [-0.25, -0.2) is 0 Å². The molecule has 3 heteroatoms. The average Bonchev–Trinajstić information content (AvgIpc) is 3.72. The van der Waals surface area contributed by atoms with Crippen LogP contribution in [0.5, 0.6) is 0 Å². The van der Waals surface area contributed by atoms with Crippen molar-refractivity contribution in [1.82, 2.24) is 4.48 Å². The second kappa shape index (κ2) is 13.3. The van der Waals surface area contributed by atoms with Crippen LogP contribution in [0.15, 0.2) is 133 Å². The van der Waals surface area contributed by atoms with Crippen LogP contribution in [0.3, 0.4) is 0 Å². The fraction of sp³-hybridized carbons (Fsp3) is 0.161. The standard InChI is InChI=1S/C56H48BN2/c1-33-26-35(3)53(36(4)27-33)41-22-24-45-49(30-41)55(47-20-12-16-39-14-8-10-18-43(39)47)58-51(45)32-52-46-25-23-42(54-37(5)28-34(2)29-38(54)6)31-50(46)56(59(52)57(58)7)48-21-13-17-40-15-9-11-19-44(40)48/h8-30,32,42H,31H2,1-7H3/q+1. The molecule has 7 aromatic carbocycles. The zero-order valence-electron chi connectivity index (χ0n) is 35.1. The predicted octanol–water partition coefficient (Wildman–Crippen LogP) is 13.7. The zero-order valence-corrected chi connectivity index (χ0v) is 35.1. The van der Waals surface area contributed by atoms with Crippen LogP contribution in [0.25, 0.3) is 61.8 Å². The van der Waals surface area contributed by atoms with Gasteiger partial charge in [-0.05, 0) is 132 Å². The molecule has 1 aliphatic carbocycles. The molecule has 0 fully saturated rings. The van der Waals surface area contributed by atoms with Crippen molar-refractivity contribution in [3.8, 4) is 22.4 Å². The Kier molecular flexibility index (Phi) is 8.04. The third kappa shape index (κ3) is 5.37. The van der Waals surface area contributed by atoms with E-state index in [1.807, 2.05) is 0 Å². The second-order valence-corrected chi connectivity index (χ2v) is 17.4. The molecule has 0 radical (unpaired) electrons. The number of hydrogen-bond acceptors (Lipinski definition) is 0. The summed E-state index contributed by atoms with van der Waals surface area (Å²) in [5.74, 6) is 0.301. The minimum atomic E-state index is -0.00747. The van der Waals surface area contributed by atoms with Gasteiger partial charge in [-0.2, -0.15) is 0 Å². The fourth-order valence-electron chi connectivity index (χ4n) is 11.4. The van der Waals surface area contributed by atoms with E-state index >= 15 is 0 Å². The van der Waals surface area contributed by atoms with Crippen LogP contribution < -0.4 is 0 Å². The number of aryl methyl sites for hydroxylation is 6. The smallest absolute Gasteiger partial charge is 0.319 e. The van der Waals surface area contributed by atoms with E-state index < -0.39 is 0 Å². The normalized spacial score (nSPS) is 15.4. The van der Waals surface area contributed by atoms with Crippen molar-refractivity contribution in [2.45, 2.75) is 60.7 Å². The Morgan fingerprint density at radius 3 is 1.86 bits per heavy atom. The number of aromatic nitrogens is 1. The van der Waals surface area contributed by atoms with Gasteiger partial charge in [0.1, 0.15) is 0 Å². The lowest BCUT2D eigenvalue weighted by Gasteiger charge is -2.24. The number of rotatable bonds is 4. The molecule has 0 N–H and O–H groups in total. The molecule has 8 aromatic rings. The molecule has 0 saturated heterocycles. The molecule has 1 atom stereocenters. The molecular formula is C56H48BN2+. The summed E-state index contributed by atoms with van der Waals surface area (Å²) >= 11 is 0. The monoisotopic (exact) mass is 759 g/mol. The molecule has 0 spiro atoms. The first-order valence-electron chi connectivity index (χ1n) is 21.3. The lowest BCUT2D eigenvalue weighted by Crippen LogP contribution is -2.40. The first-order valence-corrected chi connectivity index (χ1v) is 21.3. The summed E-state index contributed by atoms with van der Waals surface area (Å²) in [6.07, 6.45) is 8.42. The minimum absolute atomic E-state index is 0.00747. The largest absolute Gasteiger partial charge is 0.618 e. The first-order chi connectivity index (χ1) is 28.7. The van der Waals surface area contributed by atoms with Gasteiger partial charge in [-0.3, -0.25) is 4.49 Å². The third-order valence-electron chi connectivity index (χ3n) is 13.5. The Morgan fingerprint density at radius 1 is 0.593 bits per heavy atom. The molecule has 11 rings (SSSR count). The van der Waals surface area contributed by atoms with Gasteiger partial charge in [-0.15, -0.1) is 0 Å². The highest BCUT2D eigenvalue weighted by atomic mass is 15.1. The number of nitrogens with zero attached hydrogens (tertiary/aromatic N) is 2. The van der Waals surface area contributed by atoms with E-state index in [0.717, 1.165) is 6.42 Å². The van der Waals surface area contributed by atoms with Gasteiger partial charge in [0.25, 0.3) is 0 Å². The molecule has 2 aliphatic heterocycles. The topological polar surface area (TPSA) is 7.94 Å². The Balaban J connectivity index is 1.21. The molecular weight excluding hydrogens is 711 g/mol. The van der Waals surface area contributed by atoms with E-state index in [2.05, 4.69) is 203 Å². The Hall–Kier alpha value is -6.45. The highest BCUT2D eigenvalue weighted by molar-refractivity contribution is 6.52. The molecule has 3 aliphatic rings. The zero-order chi connectivity index (χ0) is 40.3. The van der Waals surface area contributed by atoms with Crippen molar-refractivity contribution in [1.29, 1.82) is 0 Å². The highest BCUT2D eigenvalue weighted by Gasteiger charge is 2.49. The Labute approximate surface area is 348 Å². The average molecular weight is 760 g/mol. The summed E-state index contributed by atoms with van der Waals surface area (Å²) in [7, 11) is 0. The van der Waals surface area contributed by atoms with Crippen LogP contribution in [0.2, 0.25) is 6.82 Å². The minimum Gasteiger partial charge on any atom is -0.319 e.